The van der Waals surface area contributed by atoms with Crippen molar-refractivity contribution in [3.63, 3.8) is 0 Å². The summed E-state index contributed by atoms with van der Waals surface area (Å²) in [7, 11) is 0. The summed E-state index contributed by atoms with van der Waals surface area (Å²) in [4.78, 5) is 7.78. The normalized spacial score (nSPS) is 12.9. The topological polar surface area (TPSA) is 67.8 Å². The van der Waals surface area contributed by atoms with Gasteiger partial charge in [-0.25, -0.2) is 4.98 Å². The van der Waals surface area contributed by atoms with Gasteiger partial charge in [-0.2, -0.15) is 0 Å². The molecule has 3 N–H and O–H groups in total. The second-order valence-corrected chi connectivity index (χ2v) is 4.32. The van der Waals surface area contributed by atoms with Crippen molar-refractivity contribution in [2.75, 3.05) is 0 Å². The highest BCUT2D eigenvalue weighted by atomic mass is 16.3. The molecule has 2 heterocycles. The predicted octanol–water partition coefficient (Wildman–Crippen LogP) is 3.17. The molecule has 0 fully saturated rings. The summed E-state index contributed by atoms with van der Waals surface area (Å²) in [5.41, 5.74) is 7.95. The smallest absolute Gasteiger partial charge is 0.154 e. The van der Waals surface area contributed by atoms with E-state index in [-0.39, 0.29) is 6.04 Å². The molecular weight excluding hydrogens is 214 g/mol. The molecule has 0 spiro atoms. The van der Waals surface area contributed by atoms with E-state index in [0.717, 1.165) is 42.2 Å². The number of aryl methyl sites for hydroxylation is 1. The van der Waals surface area contributed by atoms with E-state index in [9.17, 15) is 0 Å². The van der Waals surface area contributed by atoms with Crippen molar-refractivity contribution in [2.45, 2.75) is 39.2 Å². The lowest BCUT2D eigenvalue weighted by molar-refractivity contribution is 0.573. The number of H-pyrrole nitrogens is 1. The van der Waals surface area contributed by atoms with Crippen LogP contribution in [0.2, 0.25) is 0 Å². The van der Waals surface area contributed by atoms with Crippen LogP contribution in [-0.4, -0.2) is 9.97 Å². The summed E-state index contributed by atoms with van der Waals surface area (Å²) >= 11 is 0. The molecule has 0 aliphatic carbocycles. The number of aromatic nitrogens is 2. The largest absolute Gasteiger partial charge is 0.463 e. The molecule has 1 atom stereocenters. The summed E-state index contributed by atoms with van der Waals surface area (Å²) in [5.74, 6) is 1.63. The molecule has 17 heavy (non-hydrogen) atoms. The van der Waals surface area contributed by atoms with Crippen molar-refractivity contribution >= 4 is 0 Å². The third-order valence-corrected chi connectivity index (χ3v) is 2.88. The Hall–Kier alpha value is -1.55. The van der Waals surface area contributed by atoms with Crippen LogP contribution in [-0.2, 0) is 0 Å². The molecule has 92 valence electrons. The van der Waals surface area contributed by atoms with Crippen LogP contribution < -0.4 is 5.73 Å². The summed E-state index contributed by atoms with van der Waals surface area (Å²) < 4.78 is 5.35. The second kappa shape index (κ2) is 5.19. The monoisotopic (exact) mass is 233 g/mol. The fourth-order valence-corrected chi connectivity index (χ4v) is 1.87. The van der Waals surface area contributed by atoms with Crippen molar-refractivity contribution in [1.29, 1.82) is 0 Å². The average Bonchev–Trinajstić information content (AvgIpc) is 2.94. The average molecular weight is 233 g/mol. The van der Waals surface area contributed by atoms with Crippen LogP contribution >= 0.6 is 0 Å². The highest BCUT2D eigenvalue weighted by molar-refractivity contribution is 5.55. The molecule has 2 aromatic rings. The second-order valence-electron chi connectivity index (χ2n) is 4.32. The zero-order valence-electron chi connectivity index (χ0n) is 10.4. The quantitative estimate of drug-likeness (QED) is 0.833. The van der Waals surface area contributed by atoms with E-state index in [1.807, 2.05) is 19.1 Å². The molecule has 1 unspecified atom stereocenters. The summed E-state index contributed by atoms with van der Waals surface area (Å²) in [6.07, 6.45) is 4.89. The molecule has 0 aliphatic rings. The van der Waals surface area contributed by atoms with Gasteiger partial charge in [0, 0.05) is 5.69 Å². The third-order valence-electron chi connectivity index (χ3n) is 2.88. The minimum absolute atomic E-state index is 0.0163. The van der Waals surface area contributed by atoms with Gasteiger partial charge in [-0.15, -0.1) is 0 Å². The molecule has 2 aromatic heterocycles. The first-order chi connectivity index (χ1) is 8.22. The van der Waals surface area contributed by atoms with Crippen molar-refractivity contribution in [3.8, 4) is 11.5 Å². The lowest BCUT2D eigenvalue weighted by Gasteiger charge is -2.06. The van der Waals surface area contributed by atoms with E-state index in [1.165, 1.54) is 0 Å². The molecule has 2 rings (SSSR count). The van der Waals surface area contributed by atoms with Crippen LogP contribution in [0.5, 0.6) is 0 Å². The SMILES string of the molecule is CCCCC(N)c1nc(-c2ccco2)c(C)[nH]1. The van der Waals surface area contributed by atoms with Gasteiger partial charge in [0.05, 0.1) is 12.3 Å². The molecule has 0 saturated carbocycles. The van der Waals surface area contributed by atoms with Crippen LogP contribution in [0.15, 0.2) is 22.8 Å². The fraction of sp³-hybridized carbons (Fsp3) is 0.462. The van der Waals surface area contributed by atoms with Gasteiger partial charge < -0.3 is 15.1 Å². The molecule has 0 amide bonds. The molecule has 4 heteroatoms. The first-order valence-electron chi connectivity index (χ1n) is 6.08. The molecular formula is C13H19N3O. The van der Waals surface area contributed by atoms with E-state index < -0.39 is 0 Å². The van der Waals surface area contributed by atoms with Gasteiger partial charge >= 0.3 is 0 Å². The Labute approximate surface area is 101 Å². The maximum absolute atomic E-state index is 6.09. The van der Waals surface area contributed by atoms with E-state index >= 15 is 0 Å². The molecule has 0 aliphatic heterocycles. The fourth-order valence-electron chi connectivity index (χ4n) is 1.87. The van der Waals surface area contributed by atoms with Gasteiger partial charge in [0.2, 0.25) is 0 Å². The number of rotatable bonds is 5. The molecule has 0 bridgehead atoms. The Kier molecular flexibility index (Phi) is 3.64. The lowest BCUT2D eigenvalue weighted by Crippen LogP contribution is -2.11. The van der Waals surface area contributed by atoms with Gasteiger partial charge in [-0.05, 0) is 25.5 Å². The minimum Gasteiger partial charge on any atom is -0.463 e. The van der Waals surface area contributed by atoms with Crippen molar-refractivity contribution in [2.24, 2.45) is 5.73 Å². The van der Waals surface area contributed by atoms with Gasteiger partial charge in [0.1, 0.15) is 11.5 Å². The minimum atomic E-state index is -0.0163. The van der Waals surface area contributed by atoms with Gasteiger partial charge in [0.25, 0.3) is 0 Å². The standard InChI is InChI=1S/C13H19N3O/c1-3-4-6-10(14)13-15-9(2)12(16-13)11-7-5-8-17-11/h5,7-8,10H,3-4,6,14H2,1-2H3,(H,15,16). The predicted molar refractivity (Wildman–Crippen MR) is 67.5 cm³/mol. The number of hydrogen-bond donors (Lipinski definition) is 2. The van der Waals surface area contributed by atoms with Crippen molar-refractivity contribution < 1.29 is 4.42 Å². The van der Waals surface area contributed by atoms with Gasteiger partial charge in [0.15, 0.2) is 5.76 Å². The van der Waals surface area contributed by atoms with Crippen LogP contribution in [0, 0.1) is 6.92 Å². The van der Waals surface area contributed by atoms with E-state index in [4.69, 9.17) is 10.2 Å². The number of furan rings is 1. The van der Waals surface area contributed by atoms with Gasteiger partial charge in [-0.3, -0.25) is 0 Å². The first-order valence-corrected chi connectivity index (χ1v) is 6.08. The Bertz CT molecular complexity index is 459. The van der Waals surface area contributed by atoms with Crippen LogP contribution in [0.25, 0.3) is 11.5 Å². The maximum atomic E-state index is 6.09. The molecule has 0 aromatic carbocycles. The number of hydrogen-bond acceptors (Lipinski definition) is 3. The molecule has 4 nitrogen and oxygen atoms in total. The molecule has 0 radical (unpaired) electrons. The zero-order valence-corrected chi connectivity index (χ0v) is 10.4. The third kappa shape index (κ3) is 2.58. The van der Waals surface area contributed by atoms with E-state index in [0.29, 0.717) is 0 Å². The highest BCUT2D eigenvalue weighted by Crippen LogP contribution is 2.24. The number of nitrogens with zero attached hydrogens (tertiary/aromatic N) is 1. The lowest BCUT2D eigenvalue weighted by atomic mass is 10.1. The van der Waals surface area contributed by atoms with Crippen LogP contribution in [0.3, 0.4) is 0 Å². The molecule has 0 saturated heterocycles. The van der Waals surface area contributed by atoms with Crippen molar-refractivity contribution in [1.82, 2.24) is 9.97 Å². The summed E-state index contributed by atoms with van der Waals surface area (Å²) in [6, 6.07) is 3.75. The van der Waals surface area contributed by atoms with Gasteiger partial charge in [-0.1, -0.05) is 19.8 Å². The number of imidazole rings is 1. The van der Waals surface area contributed by atoms with E-state index in [2.05, 4.69) is 16.9 Å². The Morgan fingerprint density at radius 1 is 1.53 bits per heavy atom. The number of aromatic amines is 1. The van der Waals surface area contributed by atoms with Crippen LogP contribution in [0.1, 0.15) is 43.7 Å². The van der Waals surface area contributed by atoms with Crippen molar-refractivity contribution in [3.05, 3.63) is 29.9 Å². The maximum Gasteiger partial charge on any atom is 0.154 e. The number of nitrogens with two attached hydrogens (primary N) is 1. The Morgan fingerprint density at radius 2 is 2.35 bits per heavy atom. The number of nitrogens with one attached hydrogen (secondary N) is 1. The zero-order chi connectivity index (χ0) is 12.3. The highest BCUT2D eigenvalue weighted by Gasteiger charge is 2.15. The Morgan fingerprint density at radius 3 is 3.00 bits per heavy atom. The first kappa shape index (κ1) is 11.9. The summed E-state index contributed by atoms with van der Waals surface area (Å²) in [6.45, 7) is 4.15. The Balaban J connectivity index is 2.19. The van der Waals surface area contributed by atoms with Crippen LogP contribution in [0.4, 0.5) is 0 Å². The van der Waals surface area contributed by atoms with E-state index in [1.54, 1.807) is 6.26 Å². The number of unbranched alkanes of at least 4 members (excludes halogenated alkanes) is 1. The summed E-state index contributed by atoms with van der Waals surface area (Å²) in [5, 5.41) is 0.